The van der Waals surface area contributed by atoms with Crippen molar-refractivity contribution >= 4 is 11.8 Å². The summed E-state index contributed by atoms with van der Waals surface area (Å²) in [5.41, 5.74) is 0.0684. The van der Waals surface area contributed by atoms with E-state index in [0.717, 1.165) is 12.1 Å². The van der Waals surface area contributed by atoms with Gasteiger partial charge < -0.3 is 4.42 Å². The van der Waals surface area contributed by atoms with E-state index in [1.165, 1.54) is 17.8 Å². The molecular weight excluding hydrogens is 371 g/mol. The maximum atomic E-state index is 13.4. The third-order valence-corrected chi connectivity index (χ3v) is 4.14. The molecule has 132 valence electrons. The third kappa shape index (κ3) is 3.18. The molecule has 0 aliphatic heterocycles. The second-order valence-electron chi connectivity index (χ2n) is 5.00. The van der Waals surface area contributed by atoms with Crippen molar-refractivity contribution in [3.05, 3.63) is 47.5 Å². The van der Waals surface area contributed by atoms with E-state index in [4.69, 9.17) is 4.42 Å². The molecule has 1 aromatic carbocycles. The predicted molar refractivity (Wildman–Crippen MR) is 83.1 cm³/mol. The van der Waals surface area contributed by atoms with Crippen LogP contribution in [0.1, 0.15) is 5.82 Å². The molecule has 0 fully saturated rings. The van der Waals surface area contributed by atoms with Crippen LogP contribution in [0.4, 0.5) is 13.2 Å². The summed E-state index contributed by atoms with van der Waals surface area (Å²) in [6.45, 7) is 0. The number of H-pyrrole nitrogens is 2. The minimum atomic E-state index is -1.53. The molecule has 2 N–H and O–H groups in total. The van der Waals surface area contributed by atoms with Gasteiger partial charge in [-0.1, -0.05) is 17.0 Å². The molecule has 8 nitrogen and oxygen atoms in total. The van der Waals surface area contributed by atoms with Gasteiger partial charge in [0.1, 0.15) is 5.76 Å². The van der Waals surface area contributed by atoms with Crippen molar-refractivity contribution in [3.63, 3.8) is 0 Å². The Labute approximate surface area is 147 Å². The van der Waals surface area contributed by atoms with Crippen molar-refractivity contribution in [2.45, 2.75) is 10.9 Å². The molecule has 0 aliphatic rings. The first-order valence-corrected chi connectivity index (χ1v) is 8.11. The first-order chi connectivity index (χ1) is 12.6. The number of benzene rings is 1. The van der Waals surface area contributed by atoms with Gasteiger partial charge in [-0.2, -0.15) is 10.2 Å². The van der Waals surface area contributed by atoms with E-state index in [1.807, 2.05) is 0 Å². The number of aromatic nitrogens is 7. The molecule has 0 atom stereocenters. The van der Waals surface area contributed by atoms with E-state index in [-0.39, 0.29) is 11.3 Å². The van der Waals surface area contributed by atoms with E-state index in [9.17, 15) is 13.2 Å². The Hall–Kier alpha value is -3.15. The highest BCUT2D eigenvalue weighted by molar-refractivity contribution is 7.98. The van der Waals surface area contributed by atoms with Crippen LogP contribution in [0.15, 0.2) is 33.8 Å². The minimum absolute atomic E-state index is 0.0684. The molecule has 3 heterocycles. The van der Waals surface area contributed by atoms with Gasteiger partial charge in [0.15, 0.2) is 34.9 Å². The lowest BCUT2D eigenvalue weighted by atomic mass is 10.1. The van der Waals surface area contributed by atoms with Gasteiger partial charge in [-0.05, 0) is 24.3 Å². The highest BCUT2D eigenvalue weighted by Gasteiger charge is 2.16. The van der Waals surface area contributed by atoms with Crippen LogP contribution in [0.5, 0.6) is 0 Å². The highest BCUT2D eigenvalue weighted by atomic mass is 32.2. The molecule has 0 saturated carbocycles. The van der Waals surface area contributed by atoms with Crippen LogP contribution < -0.4 is 0 Å². The summed E-state index contributed by atoms with van der Waals surface area (Å²) in [6.07, 6.45) is 0. The number of hydrogen-bond donors (Lipinski definition) is 2. The number of tetrazole rings is 1. The van der Waals surface area contributed by atoms with Gasteiger partial charge in [0, 0.05) is 5.56 Å². The molecule has 12 heteroatoms. The Morgan fingerprint density at radius 3 is 2.54 bits per heavy atom. The lowest BCUT2D eigenvalue weighted by molar-refractivity contribution is 0.447. The van der Waals surface area contributed by atoms with E-state index in [2.05, 4.69) is 35.8 Å². The molecule has 0 radical (unpaired) electrons. The van der Waals surface area contributed by atoms with Crippen LogP contribution in [-0.4, -0.2) is 35.8 Å². The molecule has 26 heavy (non-hydrogen) atoms. The van der Waals surface area contributed by atoms with Gasteiger partial charge >= 0.3 is 0 Å². The summed E-state index contributed by atoms with van der Waals surface area (Å²) < 4.78 is 45.3. The van der Waals surface area contributed by atoms with Crippen molar-refractivity contribution in [2.75, 3.05) is 0 Å². The van der Waals surface area contributed by atoms with Crippen LogP contribution in [0.25, 0.3) is 22.9 Å². The van der Waals surface area contributed by atoms with Crippen molar-refractivity contribution in [2.24, 2.45) is 0 Å². The molecule has 0 saturated heterocycles. The average molecular weight is 379 g/mol. The van der Waals surface area contributed by atoms with E-state index >= 15 is 0 Å². The largest absolute Gasteiger partial charge is 0.453 e. The van der Waals surface area contributed by atoms with Gasteiger partial charge in [-0.15, -0.1) is 15.3 Å². The summed E-state index contributed by atoms with van der Waals surface area (Å²) in [6, 6.07) is 4.76. The summed E-state index contributed by atoms with van der Waals surface area (Å²) in [7, 11) is 0. The minimum Gasteiger partial charge on any atom is -0.453 e. The van der Waals surface area contributed by atoms with Gasteiger partial charge in [0.2, 0.25) is 5.16 Å². The zero-order chi connectivity index (χ0) is 18.1. The second kappa shape index (κ2) is 6.63. The Bertz CT molecular complexity index is 1020. The number of furan rings is 1. The number of nitrogens with one attached hydrogen (secondary N) is 2. The van der Waals surface area contributed by atoms with Crippen LogP contribution in [0.3, 0.4) is 0 Å². The molecule has 0 aliphatic carbocycles. The number of nitrogens with zero attached hydrogens (tertiary/aromatic N) is 5. The summed E-state index contributed by atoms with van der Waals surface area (Å²) in [5.74, 6) is -2.39. The highest BCUT2D eigenvalue weighted by Crippen LogP contribution is 2.29. The Balaban J connectivity index is 1.53. The third-order valence-electron chi connectivity index (χ3n) is 3.29. The maximum absolute atomic E-state index is 13.4. The fourth-order valence-corrected chi connectivity index (χ4v) is 2.76. The smallest absolute Gasteiger partial charge is 0.209 e. The standard InChI is InChI=1S/C14H8F3N7OS/c15-7-3-6(4-8(16)12(7)17)9-1-2-10(25-9)13-18-14(22-21-13)26-5-11-19-23-24-20-11/h1-4H,5H2,(H,18,21,22)(H,19,20,23,24). The number of halogens is 3. The van der Waals surface area contributed by atoms with E-state index < -0.39 is 17.5 Å². The molecule has 4 rings (SSSR count). The first kappa shape index (κ1) is 16.3. The van der Waals surface area contributed by atoms with Crippen LogP contribution in [-0.2, 0) is 5.75 Å². The lowest BCUT2D eigenvalue weighted by Gasteiger charge is -2.00. The molecule has 0 unspecified atom stereocenters. The van der Waals surface area contributed by atoms with Crippen LogP contribution in [0, 0.1) is 17.5 Å². The van der Waals surface area contributed by atoms with Crippen molar-refractivity contribution < 1.29 is 17.6 Å². The van der Waals surface area contributed by atoms with Crippen LogP contribution >= 0.6 is 11.8 Å². The topological polar surface area (TPSA) is 109 Å². The predicted octanol–water partition coefficient (Wildman–Crippen LogP) is 2.95. The fourth-order valence-electron chi connectivity index (χ4n) is 2.11. The molecule has 4 aromatic rings. The Kier molecular flexibility index (Phi) is 4.16. The number of rotatable bonds is 5. The lowest BCUT2D eigenvalue weighted by Crippen LogP contribution is -1.91. The number of aromatic amines is 2. The van der Waals surface area contributed by atoms with Crippen LogP contribution in [0.2, 0.25) is 0 Å². The van der Waals surface area contributed by atoms with Gasteiger partial charge in [-0.3, -0.25) is 5.10 Å². The number of hydrogen-bond acceptors (Lipinski definition) is 7. The number of thioether (sulfide) groups is 1. The molecule has 0 bridgehead atoms. The molecule has 0 spiro atoms. The average Bonchev–Trinajstić information content (AvgIpc) is 3.38. The quantitative estimate of drug-likeness (QED) is 0.405. The Morgan fingerprint density at radius 2 is 1.81 bits per heavy atom. The summed E-state index contributed by atoms with van der Waals surface area (Å²) in [4.78, 5) is 4.24. The fraction of sp³-hybridized carbons (Fsp3) is 0.0714. The van der Waals surface area contributed by atoms with Gasteiger partial charge in [0.05, 0.1) is 5.75 Å². The zero-order valence-electron chi connectivity index (χ0n) is 12.7. The molecule has 3 aromatic heterocycles. The van der Waals surface area contributed by atoms with E-state index in [0.29, 0.717) is 28.3 Å². The van der Waals surface area contributed by atoms with E-state index in [1.54, 1.807) is 6.07 Å². The molecule has 0 amide bonds. The Morgan fingerprint density at radius 1 is 1.04 bits per heavy atom. The van der Waals surface area contributed by atoms with Gasteiger partial charge in [-0.25, -0.2) is 13.2 Å². The van der Waals surface area contributed by atoms with Gasteiger partial charge in [0.25, 0.3) is 0 Å². The maximum Gasteiger partial charge on any atom is 0.209 e. The van der Waals surface area contributed by atoms with Crippen molar-refractivity contribution in [1.82, 2.24) is 35.8 Å². The first-order valence-electron chi connectivity index (χ1n) is 7.13. The second-order valence-corrected chi connectivity index (χ2v) is 5.94. The monoisotopic (exact) mass is 379 g/mol. The van der Waals surface area contributed by atoms with Crippen molar-refractivity contribution in [1.29, 1.82) is 0 Å². The SMILES string of the molecule is Fc1cc(-c2ccc(-c3nc(SCc4nn[nH]n4)n[nH]3)o2)cc(F)c1F. The normalized spacial score (nSPS) is 11.2. The zero-order valence-corrected chi connectivity index (χ0v) is 13.5. The van der Waals surface area contributed by atoms with Crippen molar-refractivity contribution in [3.8, 4) is 22.9 Å². The molecular formula is C14H8F3N7OS. The summed E-state index contributed by atoms with van der Waals surface area (Å²) in [5, 5.41) is 20.6. The summed E-state index contributed by atoms with van der Waals surface area (Å²) >= 11 is 1.28.